The van der Waals surface area contributed by atoms with E-state index in [-0.39, 0.29) is 0 Å². The number of likely N-dealkylation sites (tertiary alicyclic amines) is 1. The average Bonchev–Trinajstić information content (AvgIpc) is 2.05. The molecule has 1 fully saturated rings. The van der Waals surface area contributed by atoms with Crippen LogP contribution in [0.25, 0.3) is 0 Å². The topological polar surface area (TPSA) is 32.7 Å². The summed E-state index contributed by atoms with van der Waals surface area (Å²) < 4.78 is 5.01. The number of rotatable bonds is 2. The van der Waals surface area contributed by atoms with Gasteiger partial charge in [0.05, 0.1) is 0 Å². The fraction of sp³-hybridized carbons (Fsp3) is 1.00. The van der Waals surface area contributed by atoms with E-state index in [2.05, 4.69) is 18.7 Å². The van der Waals surface area contributed by atoms with Crippen molar-refractivity contribution in [3.05, 3.63) is 0 Å². The van der Waals surface area contributed by atoms with E-state index in [0.29, 0.717) is 18.9 Å². The van der Waals surface area contributed by atoms with Gasteiger partial charge in [-0.25, -0.2) is 0 Å². The summed E-state index contributed by atoms with van der Waals surface area (Å²) >= 11 is 1.78. The molecular weight excluding hydrogens is 269 g/mol. The van der Waals surface area contributed by atoms with Gasteiger partial charge in [-0.05, 0) is 13.8 Å². The van der Waals surface area contributed by atoms with Crippen molar-refractivity contribution in [3.8, 4) is 0 Å². The van der Waals surface area contributed by atoms with E-state index >= 15 is 0 Å². The summed E-state index contributed by atoms with van der Waals surface area (Å²) in [4.78, 5) is 2.35. The van der Waals surface area contributed by atoms with Crippen LogP contribution in [0.1, 0.15) is 26.7 Å². The Balaban J connectivity index is 2.39. The molecule has 1 saturated heterocycles. The van der Waals surface area contributed by atoms with Gasteiger partial charge in [-0.1, -0.05) is 0 Å². The zero-order valence-corrected chi connectivity index (χ0v) is 9.74. The lowest BCUT2D eigenvalue weighted by Crippen LogP contribution is -2.46. The van der Waals surface area contributed by atoms with Crippen molar-refractivity contribution in [1.82, 2.24) is 4.90 Å². The second-order valence-corrected chi connectivity index (χ2v) is 4.09. The monoisotopic (exact) mass is 285 g/mol. The Morgan fingerprint density at radius 2 is 1.92 bits per heavy atom. The molecule has 0 aromatic rings. The number of halogens is 1. The van der Waals surface area contributed by atoms with Gasteiger partial charge in [0, 0.05) is 32.0 Å². The van der Waals surface area contributed by atoms with Crippen LogP contribution in [0.15, 0.2) is 0 Å². The molecule has 0 spiro atoms. The van der Waals surface area contributed by atoms with Crippen LogP contribution < -0.4 is 0 Å². The van der Waals surface area contributed by atoms with Gasteiger partial charge in [0.1, 0.15) is 23.0 Å². The van der Waals surface area contributed by atoms with Gasteiger partial charge in [-0.2, -0.15) is 0 Å². The summed E-state index contributed by atoms with van der Waals surface area (Å²) in [5, 5.41) is 9.72. The summed E-state index contributed by atoms with van der Waals surface area (Å²) in [6, 6.07) is 0.573. The predicted octanol–water partition coefficient (Wildman–Crippen LogP) is 1.55. The summed E-state index contributed by atoms with van der Waals surface area (Å²) in [6.07, 6.45) is 1.43. The lowest BCUT2D eigenvalue weighted by atomic mass is 10.0. The van der Waals surface area contributed by atoms with Gasteiger partial charge < -0.3 is 10.0 Å². The van der Waals surface area contributed by atoms with E-state index in [0.717, 1.165) is 13.1 Å². The largest absolute Gasteiger partial charge is 0.365 e. The first-order valence-electron chi connectivity index (χ1n) is 4.33. The molecule has 1 aliphatic heterocycles. The van der Waals surface area contributed by atoms with Gasteiger partial charge in [0.15, 0.2) is 5.79 Å². The van der Waals surface area contributed by atoms with Crippen molar-refractivity contribution in [3.63, 3.8) is 0 Å². The van der Waals surface area contributed by atoms with E-state index in [1.165, 1.54) is 0 Å². The Labute approximate surface area is 87.8 Å². The fourth-order valence-electron chi connectivity index (χ4n) is 1.47. The quantitative estimate of drug-likeness (QED) is 0.617. The molecule has 3 nitrogen and oxygen atoms in total. The highest BCUT2D eigenvalue weighted by Crippen LogP contribution is 2.26. The van der Waals surface area contributed by atoms with Crippen molar-refractivity contribution in [2.45, 2.75) is 38.5 Å². The highest BCUT2D eigenvalue weighted by molar-refractivity contribution is 14.1. The van der Waals surface area contributed by atoms with E-state index in [1.54, 1.807) is 23.0 Å². The molecule has 0 aliphatic carbocycles. The molecular formula is C8H16INO2. The minimum Gasteiger partial charge on any atom is -0.365 e. The third-order valence-electron chi connectivity index (χ3n) is 2.45. The van der Waals surface area contributed by atoms with Crippen molar-refractivity contribution in [2.75, 3.05) is 13.1 Å². The standard InChI is InChI=1S/C8H16INO2/c1-7(2)10-5-3-8(11,12-9)4-6-10/h7,11H,3-6H2,1-2H3. The molecule has 0 saturated carbocycles. The second-order valence-electron chi connectivity index (χ2n) is 3.65. The van der Waals surface area contributed by atoms with Crippen molar-refractivity contribution in [2.24, 2.45) is 0 Å². The first-order valence-corrected chi connectivity index (χ1v) is 5.22. The molecule has 0 aromatic heterocycles. The SMILES string of the molecule is CC(C)N1CCC(O)(OI)CC1. The lowest BCUT2D eigenvalue weighted by molar-refractivity contribution is -0.147. The summed E-state index contributed by atoms with van der Waals surface area (Å²) in [5.41, 5.74) is 0. The Morgan fingerprint density at radius 3 is 2.25 bits per heavy atom. The maximum atomic E-state index is 9.72. The first-order chi connectivity index (χ1) is 5.57. The van der Waals surface area contributed by atoms with Crippen LogP contribution in [-0.4, -0.2) is 34.9 Å². The van der Waals surface area contributed by atoms with Crippen molar-refractivity contribution >= 4 is 23.0 Å². The van der Waals surface area contributed by atoms with Crippen LogP contribution in [0.3, 0.4) is 0 Å². The van der Waals surface area contributed by atoms with Crippen LogP contribution >= 0.6 is 23.0 Å². The van der Waals surface area contributed by atoms with Crippen LogP contribution in [0.2, 0.25) is 0 Å². The second kappa shape index (κ2) is 4.21. The van der Waals surface area contributed by atoms with Gasteiger partial charge in [-0.3, -0.25) is 3.07 Å². The van der Waals surface area contributed by atoms with Gasteiger partial charge in [0.2, 0.25) is 0 Å². The number of hydrogen-bond donors (Lipinski definition) is 1. The van der Waals surface area contributed by atoms with Crippen molar-refractivity contribution < 1.29 is 8.17 Å². The van der Waals surface area contributed by atoms with Gasteiger partial charge in [-0.15, -0.1) is 0 Å². The van der Waals surface area contributed by atoms with Crippen molar-refractivity contribution in [1.29, 1.82) is 0 Å². The average molecular weight is 285 g/mol. The molecule has 1 N–H and O–H groups in total. The summed E-state index contributed by atoms with van der Waals surface area (Å²) in [6.45, 7) is 6.21. The first kappa shape index (κ1) is 10.7. The predicted molar refractivity (Wildman–Crippen MR) is 56.0 cm³/mol. The molecule has 0 unspecified atom stereocenters. The molecule has 1 heterocycles. The van der Waals surface area contributed by atoms with Crippen LogP contribution in [0.4, 0.5) is 0 Å². The molecule has 1 aliphatic rings. The minimum absolute atomic E-state index is 0.573. The number of nitrogens with zero attached hydrogens (tertiary/aromatic N) is 1. The molecule has 0 amide bonds. The smallest absolute Gasteiger partial charge is 0.179 e. The summed E-state index contributed by atoms with van der Waals surface area (Å²) in [5.74, 6) is -0.869. The maximum absolute atomic E-state index is 9.72. The lowest BCUT2D eigenvalue weighted by Gasteiger charge is -2.38. The number of aliphatic hydroxyl groups is 1. The van der Waals surface area contributed by atoms with Crippen LogP contribution in [0, 0.1) is 0 Å². The highest BCUT2D eigenvalue weighted by atomic mass is 127. The molecule has 72 valence electrons. The Kier molecular flexibility index (Phi) is 3.75. The molecule has 0 atom stereocenters. The van der Waals surface area contributed by atoms with Crippen LogP contribution in [0.5, 0.6) is 0 Å². The highest BCUT2D eigenvalue weighted by Gasteiger charge is 2.33. The zero-order chi connectivity index (χ0) is 9.19. The molecule has 0 radical (unpaired) electrons. The number of piperidine rings is 1. The van der Waals surface area contributed by atoms with E-state index in [1.807, 2.05) is 0 Å². The fourth-order valence-corrected chi connectivity index (χ4v) is 1.91. The minimum atomic E-state index is -0.869. The van der Waals surface area contributed by atoms with Crippen LogP contribution in [-0.2, 0) is 3.07 Å². The number of hydrogen-bond acceptors (Lipinski definition) is 3. The molecule has 12 heavy (non-hydrogen) atoms. The van der Waals surface area contributed by atoms with Gasteiger partial charge in [0.25, 0.3) is 0 Å². The third kappa shape index (κ3) is 2.55. The Hall–Kier alpha value is 0.610. The van der Waals surface area contributed by atoms with Gasteiger partial charge >= 0.3 is 0 Å². The van der Waals surface area contributed by atoms with E-state index < -0.39 is 5.79 Å². The zero-order valence-electron chi connectivity index (χ0n) is 7.59. The molecule has 0 bridgehead atoms. The maximum Gasteiger partial charge on any atom is 0.179 e. The van der Waals surface area contributed by atoms with E-state index in [4.69, 9.17) is 3.07 Å². The molecule has 0 aromatic carbocycles. The normalized spacial score (nSPS) is 24.8. The Bertz CT molecular complexity index is 144. The Morgan fingerprint density at radius 1 is 1.42 bits per heavy atom. The summed E-state index contributed by atoms with van der Waals surface area (Å²) in [7, 11) is 0. The third-order valence-corrected chi connectivity index (χ3v) is 3.27. The van der Waals surface area contributed by atoms with E-state index in [9.17, 15) is 5.11 Å². The molecule has 1 rings (SSSR count). The molecule has 4 heteroatoms.